The number of aliphatic hydroxyl groups is 1. The van der Waals surface area contributed by atoms with Crippen molar-refractivity contribution in [3.63, 3.8) is 0 Å². The van der Waals surface area contributed by atoms with E-state index >= 15 is 0 Å². The van der Waals surface area contributed by atoms with Crippen LogP contribution in [0.5, 0.6) is 5.75 Å². The molecule has 1 fully saturated rings. The quantitative estimate of drug-likeness (QED) is 0.174. The van der Waals surface area contributed by atoms with Crippen molar-refractivity contribution in [2.45, 2.75) is 57.5 Å². The van der Waals surface area contributed by atoms with Crippen molar-refractivity contribution in [3.05, 3.63) is 136 Å². The Morgan fingerprint density at radius 2 is 1.49 bits per heavy atom. The van der Waals surface area contributed by atoms with Gasteiger partial charge in [-0.25, -0.2) is 0 Å². The van der Waals surface area contributed by atoms with E-state index in [1.807, 2.05) is 79.7 Å². The first-order chi connectivity index (χ1) is 20.0. The first-order valence-corrected chi connectivity index (χ1v) is 14.9. The molecular formula is C36H39ClO4. The van der Waals surface area contributed by atoms with Gasteiger partial charge in [-0.05, 0) is 72.2 Å². The molecule has 0 amide bonds. The number of benzene rings is 4. The summed E-state index contributed by atoms with van der Waals surface area (Å²) in [7, 11) is 0. The summed E-state index contributed by atoms with van der Waals surface area (Å²) in [6.45, 7) is 3.88. The Morgan fingerprint density at radius 3 is 2.17 bits per heavy atom. The molecule has 4 nitrogen and oxygen atoms in total. The molecule has 0 bridgehead atoms. The lowest BCUT2D eigenvalue weighted by Gasteiger charge is -2.45. The Morgan fingerprint density at radius 1 is 0.805 bits per heavy atom. The van der Waals surface area contributed by atoms with E-state index in [1.165, 1.54) is 0 Å². The summed E-state index contributed by atoms with van der Waals surface area (Å²) in [4.78, 5) is 0. The lowest BCUT2D eigenvalue weighted by Crippen LogP contribution is -2.50. The minimum Gasteiger partial charge on any atom is -0.494 e. The molecule has 0 spiro atoms. The molecule has 214 valence electrons. The molecule has 1 aliphatic carbocycles. The Bertz CT molecular complexity index is 1360. The molecule has 0 aliphatic heterocycles. The maximum absolute atomic E-state index is 12.4. The highest BCUT2D eigenvalue weighted by molar-refractivity contribution is 6.31. The molecule has 0 aromatic heterocycles. The van der Waals surface area contributed by atoms with Gasteiger partial charge in [-0.3, -0.25) is 0 Å². The largest absolute Gasteiger partial charge is 0.494 e. The van der Waals surface area contributed by atoms with Gasteiger partial charge in [0.2, 0.25) is 0 Å². The molecule has 3 atom stereocenters. The van der Waals surface area contributed by atoms with E-state index in [1.54, 1.807) is 0 Å². The van der Waals surface area contributed by atoms with Crippen molar-refractivity contribution in [3.8, 4) is 5.75 Å². The second-order valence-electron chi connectivity index (χ2n) is 10.8. The molecule has 5 heteroatoms. The molecule has 5 rings (SSSR count). The van der Waals surface area contributed by atoms with Gasteiger partial charge in [-0.1, -0.05) is 103 Å². The van der Waals surface area contributed by atoms with Crippen LogP contribution in [0.2, 0.25) is 5.02 Å². The predicted molar refractivity (Wildman–Crippen MR) is 164 cm³/mol. The van der Waals surface area contributed by atoms with Crippen LogP contribution in [0.4, 0.5) is 0 Å². The second-order valence-corrected chi connectivity index (χ2v) is 11.2. The van der Waals surface area contributed by atoms with Gasteiger partial charge in [0.1, 0.15) is 5.75 Å². The van der Waals surface area contributed by atoms with Crippen molar-refractivity contribution in [2.24, 2.45) is 5.92 Å². The van der Waals surface area contributed by atoms with Crippen molar-refractivity contribution in [1.82, 2.24) is 0 Å². The molecule has 1 saturated carbocycles. The van der Waals surface area contributed by atoms with Gasteiger partial charge < -0.3 is 19.3 Å². The molecule has 1 aliphatic rings. The molecule has 3 unspecified atom stereocenters. The van der Waals surface area contributed by atoms with Crippen LogP contribution >= 0.6 is 11.6 Å². The van der Waals surface area contributed by atoms with E-state index in [0.717, 1.165) is 57.9 Å². The fraction of sp³-hybridized carbons (Fsp3) is 0.333. The lowest BCUT2D eigenvalue weighted by atomic mass is 9.72. The summed E-state index contributed by atoms with van der Waals surface area (Å²) < 4.78 is 18.3. The third kappa shape index (κ3) is 7.58. The van der Waals surface area contributed by atoms with Crippen LogP contribution in [0, 0.1) is 5.92 Å². The van der Waals surface area contributed by atoms with Gasteiger partial charge in [0.05, 0.1) is 26.4 Å². The Balaban J connectivity index is 1.38. The summed E-state index contributed by atoms with van der Waals surface area (Å²) in [6.07, 6.45) is 3.34. The van der Waals surface area contributed by atoms with E-state index in [0.29, 0.717) is 32.8 Å². The molecule has 4 aromatic rings. The van der Waals surface area contributed by atoms with Crippen molar-refractivity contribution >= 4 is 11.6 Å². The molecule has 0 radical (unpaired) electrons. The van der Waals surface area contributed by atoms with Crippen LogP contribution in [0.1, 0.15) is 59.9 Å². The first-order valence-electron chi connectivity index (χ1n) is 14.6. The van der Waals surface area contributed by atoms with Crippen molar-refractivity contribution in [1.29, 1.82) is 0 Å². The Labute approximate surface area is 248 Å². The van der Waals surface area contributed by atoms with Gasteiger partial charge in [0.25, 0.3) is 0 Å². The third-order valence-electron chi connectivity index (χ3n) is 7.97. The minimum absolute atomic E-state index is 0.168. The average Bonchev–Trinajstić information content (AvgIpc) is 3.00. The van der Waals surface area contributed by atoms with Crippen LogP contribution < -0.4 is 4.74 Å². The van der Waals surface area contributed by atoms with Crippen LogP contribution in [-0.2, 0) is 29.1 Å². The van der Waals surface area contributed by atoms with Gasteiger partial charge in [0, 0.05) is 16.9 Å². The van der Waals surface area contributed by atoms with Gasteiger partial charge in [0.15, 0.2) is 5.79 Å². The summed E-state index contributed by atoms with van der Waals surface area (Å²) in [5.41, 5.74) is 5.37. The first kappa shape index (κ1) is 29.3. The van der Waals surface area contributed by atoms with E-state index in [4.69, 9.17) is 25.8 Å². The smallest absolute Gasteiger partial charge is 0.177 e. The zero-order valence-electron chi connectivity index (χ0n) is 23.7. The van der Waals surface area contributed by atoms with E-state index in [2.05, 4.69) is 30.3 Å². The second kappa shape index (κ2) is 14.2. The standard InChI is InChI=1S/C36H39ClO4/c1-2-40-33-19-16-27(17-20-33)22-31-23-30(18-21-35(31)37)34-15-9-14-32(26-39-24-28-10-5-3-6-11-28)36(34,38)41-25-29-12-7-4-8-13-29/h3-8,10-13,16-21,23,32,34,38H,2,9,14-15,22,24-26H2,1H3. The summed E-state index contributed by atoms with van der Waals surface area (Å²) in [6, 6.07) is 34.5. The minimum atomic E-state index is -1.38. The number of hydrogen-bond donors (Lipinski definition) is 1. The zero-order valence-corrected chi connectivity index (χ0v) is 24.4. The fourth-order valence-electron chi connectivity index (χ4n) is 5.80. The highest BCUT2D eigenvalue weighted by atomic mass is 35.5. The van der Waals surface area contributed by atoms with Crippen molar-refractivity contribution < 1.29 is 19.3 Å². The van der Waals surface area contributed by atoms with E-state index in [9.17, 15) is 5.11 Å². The van der Waals surface area contributed by atoms with E-state index in [-0.39, 0.29) is 11.8 Å². The normalized spacial score (nSPS) is 20.6. The van der Waals surface area contributed by atoms with Crippen LogP contribution in [0.25, 0.3) is 0 Å². The van der Waals surface area contributed by atoms with Crippen LogP contribution in [0.3, 0.4) is 0 Å². The molecule has 0 heterocycles. The third-order valence-corrected chi connectivity index (χ3v) is 8.34. The molecule has 0 saturated heterocycles. The average molecular weight is 571 g/mol. The number of rotatable bonds is 12. The molecule has 4 aromatic carbocycles. The number of ether oxygens (including phenoxy) is 3. The molecule has 41 heavy (non-hydrogen) atoms. The molecular weight excluding hydrogens is 532 g/mol. The molecule has 1 N–H and O–H groups in total. The van der Waals surface area contributed by atoms with Gasteiger partial charge in [-0.15, -0.1) is 0 Å². The van der Waals surface area contributed by atoms with Crippen LogP contribution in [-0.4, -0.2) is 24.1 Å². The van der Waals surface area contributed by atoms with E-state index < -0.39 is 5.79 Å². The Hall–Kier alpha value is -3.15. The Kier molecular flexibility index (Phi) is 10.1. The SMILES string of the molecule is CCOc1ccc(Cc2cc(C3CCCC(COCc4ccccc4)C3(O)OCc3ccccc3)ccc2Cl)cc1. The lowest BCUT2D eigenvalue weighted by molar-refractivity contribution is -0.277. The maximum atomic E-state index is 12.4. The van der Waals surface area contributed by atoms with Crippen molar-refractivity contribution in [2.75, 3.05) is 13.2 Å². The highest BCUT2D eigenvalue weighted by Crippen LogP contribution is 2.46. The van der Waals surface area contributed by atoms with Gasteiger partial charge in [-0.2, -0.15) is 0 Å². The summed E-state index contributed by atoms with van der Waals surface area (Å²) in [5, 5.41) is 13.1. The highest BCUT2D eigenvalue weighted by Gasteiger charge is 2.48. The fourth-order valence-corrected chi connectivity index (χ4v) is 5.98. The predicted octanol–water partition coefficient (Wildman–Crippen LogP) is 8.34. The topological polar surface area (TPSA) is 47.9 Å². The van der Waals surface area contributed by atoms with Gasteiger partial charge >= 0.3 is 0 Å². The zero-order chi connectivity index (χ0) is 28.5. The monoisotopic (exact) mass is 570 g/mol. The number of hydrogen-bond acceptors (Lipinski definition) is 4. The summed E-state index contributed by atoms with van der Waals surface area (Å²) >= 11 is 6.70. The maximum Gasteiger partial charge on any atom is 0.177 e. The number of halogens is 1. The summed E-state index contributed by atoms with van der Waals surface area (Å²) in [5.74, 6) is -0.894. The van der Waals surface area contributed by atoms with Crippen LogP contribution in [0.15, 0.2) is 103 Å².